The zero-order valence-corrected chi connectivity index (χ0v) is 15.5. The van der Waals surface area contributed by atoms with E-state index in [2.05, 4.69) is 34.7 Å². The van der Waals surface area contributed by atoms with Gasteiger partial charge >= 0.3 is 6.09 Å². The van der Waals surface area contributed by atoms with Crippen molar-refractivity contribution in [1.29, 1.82) is 0 Å². The minimum absolute atomic E-state index is 0.224. The van der Waals surface area contributed by atoms with E-state index in [1.54, 1.807) is 0 Å². The first-order chi connectivity index (χ1) is 11.4. The van der Waals surface area contributed by atoms with Gasteiger partial charge in [-0.1, -0.05) is 12.2 Å². The van der Waals surface area contributed by atoms with E-state index in [0.717, 1.165) is 38.2 Å². The molecule has 0 unspecified atom stereocenters. The monoisotopic (exact) mass is 336 g/mol. The van der Waals surface area contributed by atoms with Gasteiger partial charge in [0.25, 0.3) is 0 Å². The van der Waals surface area contributed by atoms with E-state index in [-0.39, 0.29) is 6.09 Å². The van der Waals surface area contributed by atoms with E-state index in [1.807, 2.05) is 25.7 Å². The van der Waals surface area contributed by atoms with E-state index >= 15 is 0 Å². The average molecular weight is 336 g/mol. The summed E-state index contributed by atoms with van der Waals surface area (Å²) in [6.45, 7) is 9.75. The van der Waals surface area contributed by atoms with Gasteiger partial charge in [-0.05, 0) is 53.4 Å². The van der Waals surface area contributed by atoms with Gasteiger partial charge in [-0.25, -0.2) is 4.79 Å². The van der Waals surface area contributed by atoms with Crippen LogP contribution in [-0.2, 0) is 4.74 Å². The van der Waals surface area contributed by atoms with Crippen LogP contribution < -0.4 is 10.6 Å². The summed E-state index contributed by atoms with van der Waals surface area (Å²) in [6.07, 6.45) is 8.37. The Morgan fingerprint density at radius 3 is 2.50 bits per heavy atom. The Morgan fingerprint density at radius 1 is 1.29 bits per heavy atom. The number of aliphatic imine (C=N–C) groups is 1. The molecule has 0 aromatic rings. The third kappa shape index (κ3) is 6.42. The molecular formula is C18H32N4O2. The van der Waals surface area contributed by atoms with Crippen molar-refractivity contribution < 1.29 is 9.53 Å². The lowest BCUT2D eigenvalue weighted by molar-refractivity contribution is 0.0240. The van der Waals surface area contributed by atoms with E-state index in [9.17, 15) is 4.79 Å². The van der Waals surface area contributed by atoms with Crippen molar-refractivity contribution in [2.45, 2.75) is 71.1 Å². The molecule has 24 heavy (non-hydrogen) atoms. The predicted molar refractivity (Wildman–Crippen MR) is 97.2 cm³/mol. The first-order valence-electron chi connectivity index (χ1n) is 9.08. The summed E-state index contributed by atoms with van der Waals surface area (Å²) < 4.78 is 5.51. The number of rotatable bonds is 6. The lowest BCUT2D eigenvalue weighted by Crippen LogP contribution is -2.43. The molecule has 1 amide bonds. The van der Waals surface area contributed by atoms with Gasteiger partial charge in [0.1, 0.15) is 5.60 Å². The molecule has 2 N–H and O–H groups in total. The summed E-state index contributed by atoms with van der Waals surface area (Å²) >= 11 is 0. The Kier molecular flexibility index (Phi) is 6.52. The van der Waals surface area contributed by atoms with Crippen molar-refractivity contribution >= 4 is 12.1 Å². The molecule has 6 nitrogen and oxygen atoms in total. The van der Waals surface area contributed by atoms with Gasteiger partial charge in [-0.15, -0.1) is 0 Å². The fourth-order valence-corrected chi connectivity index (χ4v) is 2.65. The van der Waals surface area contributed by atoms with Crippen LogP contribution in [-0.4, -0.2) is 54.3 Å². The zero-order chi connectivity index (χ0) is 17.6. The fraction of sp³-hybridized carbons (Fsp3) is 0.778. The third-order valence-corrected chi connectivity index (χ3v) is 3.92. The standard InChI is InChI=1S/C18H32N4O2/c1-5-19-16(21-14-8-6-7-9-14)20-12-13-22(15-10-11-15)17(23)24-18(2,3)4/h6-7,14-15H,5,8-13H2,1-4H3,(H2,19,20,21). The molecule has 2 aliphatic rings. The van der Waals surface area contributed by atoms with E-state index in [1.165, 1.54) is 0 Å². The molecule has 0 bridgehead atoms. The summed E-state index contributed by atoms with van der Waals surface area (Å²) in [5.41, 5.74) is -0.459. The second-order valence-electron chi connectivity index (χ2n) is 7.45. The van der Waals surface area contributed by atoms with Crippen LogP contribution in [0.1, 0.15) is 53.4 Å². The van der Waals surface area contributed by atoms with Crippen LogP contribution in [0.5, 0.6) is 0 Å². The zero-order valence-electron chi connectivity index (χ0n) is 15.5. The van der Waals surface area contributed by atoms with Gasteiger partial charge in [0.2, 0.25) is 0 Å². The molecule has 1 fully saturated rings. The Labute approximate surface area is 145 Å². The molecule has 2 aliphatic carbocycles. The van der Waals surface area contributed by atoms with Crippen molar-refractivity contribution in [1.82, 2.24) is 15.5 Å². The Morgan fingerprint density at radius 2 is 1.96 bits per heavy atom. The van der Waals surface area contributed by atoms with Gasteiger partial charge in [0.15, 0.2) is 5.96 Å². The van der Waals surface area contributed by atoms with Gasteiger partial charge < -0.3 is 20.3 Å². The van der Waals surface area contributed by atoms with Gasteiger partial charge in [0, 0.05) is 25.2 Å². The van der Waals surface area contributed by atoms with Crippen molar-refractivity contribution in [2.75, 3.05) is 19.6 Å². The summed E-state index contributed by atoms with van der Waals surface area (Å²) in [4.78, 5) is 18.8. The molecule has 0 aliphatic heterocycles. The maximum Gasteiger partial charge on any atom is 0.410 e. The van der Waals surface area contributed by atoms with Crippen molar-refractivity contribution in [3.05, 3.63) is 12.2 Å². The number of carbonyl (C=O) groups is 1. The van der Waals surface area contributed by atoms with Crippen LogP contribution >= 0.6 is 0 Å². The second-order valence-corrected chi connectivity index (χ2v) is 7.45. The number of guanidine groups is 1. The van der Waals surface area contributed by atoms with Crippen LogP contribution in [0.4, 0.5) is 4.79 Å². The minimum atomic E-state index is -0.459. The first-order valence-corrected chi connectivity index (χ1v) is 9.08. The van der Waals surface area contributed by atoms with Crippen molar-refractivity contribution in [2.24, 2.45) is 4.99 Å². The van der Waals surface area contributed by atoms with E-state index in [4.69, 9.17) is 4.74 Å². The molecule has 6 heteroatoms. The fourth-order valence-electron chi connectivity index (χ4n) is 2.65. The Bertz CT molecular complexity index is 470. The number of carbonyl (C=O) groups excluding carboxylic acids is 1. The predicted octanol–water partition coefficient (Wildman–Crippen LogP) is 2.66. The van der Waals surface area contributed by atoms with Gasteiger partial charge in [-0.3, -0.25) is 4.99 Å². The lowest BCUT2D eigenvalue weighted by atomic mass is 10.2. The normalized spacial score (nSPS) is 18.6. The number of nitrogens with zero attached hydrogens (tertiary/aromatic N) is 2. The van der Waals surface area contributed by atoms with Crippen LogP contribution in [0.2, 0.25) is 0 Å². The highest BCUT2D eigenvalue weighted by Crippen LogP contribution is 2.28. The van der Waals surface area contributed by atoms with Crippen LogP contribution in [0, 0.1) is 0 Å². The molecule has 2 rings (SSSR count). The van der Waals surface area contributed by atoms with Crippen molar-refractivity contribution in [3.8, 4) is 0 Å². The summed E-state index contributed by atoms with van der Waals surface area (Å²) in [6, 6.07) is 0.748. The maximum atomic E-state index is 12.3. The van der Waals surface area contributed by atoms with Gasteiger partial charge in [0.05, 0.1) is 6.54 Å². The highest BCUT2D eigenvalue weighted by atomic mass is 16.6. The molecule has 0 atom stereocenters. The van der Waals surface area contributed by atoms with Crippen molar-refractivity contribution in [3.63, 3.8) is 0 Å². The first kappa shape index (κ1) is 18.6. The summed E-state index contributed by atoms with van der Waals surface area (Å²) in [5, 5.41) is 6.72. The molecule has 0 saturated heterocycles. The summed E-state index contributed by atoms with van der Waals surface area (Å²) in [7, 11) is 0. The Hall–Kier alpha value is -1.72. The van der Waals surface area contributed by atoms with E-state index in [0.29, 0.717) is 25.2 Å². The summed E-state index contributed by atoms with van der Waals surface area (Å²) in [5.74, 6) is 0.825. The molecule has 0 radical (unpaired) electrons. The van der Waals surface area contributed by atoms with Gasteiger partial charge in [-0.2, -0.15) is 0 Å². The Balaban J connectivity index is 1.85. The SMILES string of the molecule is CCNC(=NCCN(C(=O)OC(C)(C)C)C1CC1)NC1CC=CC1. The number of hydrogen-bond donors (Lipinski definition) is 2. The second kappa shape index (κ2) is 8.40. The molecule has 136 valence electrons. The highest BCUT2D eigenvalue weighted by molar-refractivity contribution is 5.80. The molecule has 0 spiro atoms. The number of hydrogen-bond acceptors (Lipinski definition) is 3. The molecule has 0 heterocycles. The number of ether oxygens (including phenoxy) is 1. The minimum Gasteiger partial charge on any atom is -0.444 e. The number of amides is 1. The lowest BCUT2D eigenvalue weighted by Gasteiger charge is -2.27. The molecular weight excluding hydrogens is 304 g/mol. The third-order valence-electron chi connectivity index (χ3n) is 3.92. The molecule has 1 saturated carbocycles. The maximum absolute atomic E-state index is 12.3. The molecule has 0 aromatic heterocycles. The van der Waals surface area contributed by atoms with E-state index < -0.39 is 5.60 Å². The molecule has 0 aromatic carbocycles. The van der Waals surface area contributed by atoms with Crippen LogP contribution in [0.15, 0.2) is 17.1 Å². The average Bonchev–Trinajstić information content (AvgIpc) is 3.18. The van der Waals surface area contributed by atoms with Crippen LogP contribution in [0.3, 0.4) is 0 Å². The highest BCUT2D eigenvalue weighted by Gasteiger charge is 2.34. The number of nitrogens with one attached hydrogen (secondary N) is 2. The topological polar surface area (TPSA) is 66.0 Å². The smallest absolute Gasteiger partial charge is 0.410 e. The van der Waals surface area contributed by atoms with Crippen LogP contribution in [0.25, 0.3) is 0 Å². The quantitative estimate of drug-likeness (QED) is 0.445. The largest absolute Gasteiger partial charge is 0.444 e.